The Kier molecular flexibility index (Phi) is 3.31. The number of hydrogen-bond donors (Lipinski definition) is 1. The third-order valence-corrected chi connectivity index (χ3v) is 4.07. The Morgan fingerprint density at radius 2 is 2.22 bits per heavy atom. The number of rotatable bonds is 4. The molecule has 2 aromatic heterocycles. The number of nitrogen functional groups attached to an aromatic ring is 1. The lowest BCUT2D eigenvalue weighted by Crippen LogP contribution is -2.04. The van der Waals surface area contributed by atoms with E-state index in [1.54, 1.807) is 7.11 Å². The maximum atomic E-state index is 6.11. The molecular weight excluding hydrogens is 290 g/mol. The molecule has 0 aliphatic carbocycles. The number of fused-ring (bicyclic) bond motifs is 3. The highest BCUT2D eigenvalue weighted by Crippen LogP contribution is 2.29. The number of nitrogens with zero attached hydrogens (tertiary/aromatic N) is 4. The van der Waals surface area contributed by atoms with Crippen LogP contribution in [0.15, 0.2) is 35.5 Å². The number of allylic oxidation sites excluding steroid dienone is 1. The summed E-state index contributed by atoms with van der Waals surface area (Å²) in [5.74, 6) is 0.456. The maximum Gasteiger partial charge on any atom is 0.152 e. The highest BCUT2D eigenvalue weighted by molar-refractivity contribution is 6.08. The molecule has 6 nitrogen and oxygen atoms in total. The van der Waals surface area contributed by atoms with Crippen LogP contribution in [-0.4, -0.2) is 41.2 Å². The molecule has 1 aromatic carbocycles. The van der Waals surface area contributed by atoms with E-state index in [0.29, 0.717) is 19.0 Å². The monoisotopic (exact) mass is 307 g/mol. The third kappa shape index (κ3) is 2.37. The van der Waals surface area contributed by atoms with Gasteiger partial charge in [0.15, 0.2) is 5.82 Å². The normalized spacial score (nSPS) is 14.0. The molecule has 0 spiro atoms. The van der Waals surface area contributed by atoms with Gasteiger partial charge in [-0.2, -0.15) is 5.10 Å². The minimum Gasteiger partial charge on any atom is -0.383 e. The van der Waals surface area contributed by atoms with Crippen LogP contribution >= 0.6 is 0 Å². The number of hydrogen-bond acceptors (Lipinski definition) is 5. The quantitative estimate of drug-likeness (QED) is 0.802. The second-order valence-electron chi connectivity index (χ2n) is 5.56. The Hall–Kier alpha value is -2.73. The van der Waals surface area contributed by atoms with Crippen LogP contribution in [0.3, 0.4) is 0 Å². The Labute approximate surface area is 133 Å². The number of nitrogens with two attached hydrogens (primary N) is 1. The van der Waals surface area contributed by atoms with E-state index in [4.69, 9.17) is 10.5 Å². The van der Waals surface area contributed by atoms with Gasteiger partial charge >= 0.3 is 0 Å². The number of pyridine rings is 1. The van der Waals surface area contributed by atoms with Crippen molar-refractivity contribution in [2.45, 2.75) is 6.54 Å². The van der Waals surface area contributed by atoms with E-state index in [1.807, 2.05) is 23.2 Å². The summed E-state index contributed by atoms with van der Waals surface area (Å²) in [5, 5.41) is 6.59. The lowest BCUT2D eigenvalue weighted by molar-refractivity contribution is 0.184. The van der Waals surface area contributed by atoms with Crippen LogP contribution in [0.5, 0.6) is 0 Å². The van der Waals surface area contributed by atoms with Crippen LogP contribution in [0.2, 0.25) is 0 Å². The molecule has 3 heterocycles. The van der Waals surface area contributed by atoms with Gasteiger partial charge in [-0.15, -0.1) is 0 Å². The second kappa shape index (κ2) is 5.48. The molecule has 1 aliphatic heterocycles. The third-order valence-electron chi connectivity index (χ3n) is 4.07. The molecule has 1 aliphatic rings. The summed E-state index contributed by atoms with van der Waals surface area (Å²) in [5.41, 5.74) is 10.1. The zero-order valence-corrected chi connectivity index (χ0v) is 12.9. The SMILES string of the molecule is COCCn1cc2c(n1)c(N)nc1cc(C3=CC=NC3)ccc12. The summed E-state index contributed by atoms with van der Waals surface area (Å²) >= 11 is 0. The number of benzene rings is 1. The lowest BCUT2D eigenvalue weighted by atomic mass is 10.0. The Bertz CT molecular complexity index is 954. The van der Waals surface area contributed by atoms with Crippen molar-refractivity contribution >= 4 is 39.4 Å². The van der Waals surface area contributed by atoms with Crippen molar-refractivity contribution in [2.24, 2.45) is 4.99 Å². The molecule has 2 N–H and O–H groups in total. The fourth-order valence-corrected chi connectivity index (χ4v) is 2.88. The average molecular weight is 307 g/mol. The summed E-state index contributed by atoms with van der Waals surface area (Å²) in [6.07, 6.45) is 5.88. The van der Waals surface area contributed by atoms with Gasteiger partial charge in [0, 0.05) is 30.3 Å². The number of anilines is 1. The first kappa shape index (κ1) is 13.9. The molecule has 3 aromatic rings. The van der Waals surface area contributed by atoms with Gasteiger partial charge in [0.25, 0.3) is 0 Å². The summed E-state index contributed by atoms with van der Waals surface area (Å²) in [6.45, 7) is 2.02. The van der Waals surface area contributed by atoms with Gasteiger partial charge in [0.1, 0.15) is 5.52 Å². The molecule has 116 valence electrons. The van der Waals surface area contributed by atoms with Crippen LogP contribution < -0.4 is 5.73 Å². The summed E-state index contributed by atoms with van der Waals surface area (Å²) in [4.78, 5) is 8.76. The van der Waals surface area contributed by atoms with Gasteiger partial charge in [-0.25, -0.2) is 4.98 Å². The van der Waals surface area contributed by atoms with Crippen molar-refractivity contribution in [2.75, 3.05) is 26.0 Å². The molecular formula is C17H17N5O. The molecule has 23 heavy (non-hydrogen) atoms. The standard InChI is InChI=1S/C17H17N5O/c1-23-7-6-22-10-14-13-3-2-11(12-4-5-19-9-12)8-15(13)20-17(18)16(14)21-22/h2-5,8,10H,6-7,9H2,1H3,(H2,18,20). The van der Waals surface area contributed by atoms with Gasteiger partial charge in [-0.1, -0.05) is 12.1 Å². The zero-order valence-electron chi connectivity index (χ0n) is 12.9. The average Bonchev–Trinajstić information content (AvgIpc) is 3.22. The minimum atomic E-state index is 0.456. The smallest absolute Gasteiger partial charge is 0.152 e. The fraction of sp³-hybridized carbons (Fsp3) is 0.235. The minimum absolute atomic E-state index is 0.456. The number of aliphatic imine (C=N–C) groups is 1. The van der Waals surface area contributed by atoms with Crippen LogP contribution in [0.25, 0.3) is 27.4 Å². The molecule has 0 unspecified atom stereocenters. The van der Waals surface area contributed by atoms with Crippen molar-refractivity contribution in [1.82, 2.24) is 14.8 Å². The maximum absolute atomic E-state index is 6.11. The summed E-state index contributed by atoms with van der Waals surface area (Å²) in [6, 6.07) is 6.26. The Balaban J connectivity index is 1.85. The van der Waals surface area contributed by atoms with Crippen LogP contribution in [0.1, 0.15) is 5.56 Å². The van der Waals surface area contributed by atoms with E-state index < -0.39 is 0 Å². The van der Waals surface area contributed by atoms with E-state index in [-0.39, 0.29) is 0 Å². The van der Waals surface area contributed by atoms with Gasteiger partial charge in [-0.3, -0.25) is 9.67 Å². The second-order valence-corrected chi connectivity index (χ2v) is 5.56. The Morgan fingerprint density at radius 1 is 1.30 bits per heavy atom. The zero-order chi connectivity index (χ0) is 15.8. The molecule has 0 bridgehead atoms. The summed E-state index contributed by atoms with van der Waals surface area (Å²) < 4.78 is 6.96. The topological polar surface area (TPSA) is 78.3 Å². The molecule has 6 heteroatoms. The summed E-state index contributed by atoms with van der Waals surface area (Å²) in [7, 11) is 1.68. The van der Waals surface area contributed by atoms with Crippen molar-refractivity contribution in [1.29, 1.82) is 0 Å². The highest BCUT2D eigenvalue weighted by Gasteiger charge is 2.12. The molecule has 0 radical (unpaired) electrons. The predicted molar refractivity (Wildman–Crippen MR) is 92.7 cm³/mol. The molecule has 0 amide bonds. The fourth-order valence-electron chi connectivity index (χ4n) is 2.88. The Morgan fingerprint density at radius 3 is 3.00 bits per heavy atom. The van der Waals surface area contributed by atoms with E-state index in [0.717, 1.165) is 33.9 Å². The van der Waals surface area contributed by atoms with Crippen molar-refractivity contribution < 1.29 is 4.74 Å². The van der Waals surface area contributed by atoms with Gasteiger partial charge in [0.2, 0.25) is 0 Å². The van der Waals surface area contributed by atoms with Crippen LogP contribution in [0.4, 0.5) is 5.82 Å². The lowest BCUT2D eigenvalue weighted by Gasteiger charge is -2.05. The van der Waals surface area contributed by atoms with E-state index in [1.165, 1.54) is 5.57 Å². The van der Waals surface area contributed by atoms with Gasteiger partial charge in [0.05, 0.1) is 25.2 Å². The number of aromatic nitrogens is 3. The first-order valence-corrected chi connectivity index (χ1v) is 7.51. The predicted octanol–water partition coefficient (Wildman–Crippen LogP) is 2.28. The highest BCUT2D eigenvalue weighted by atomic mass is 16.5. The first-order chi connectivity index (χ1) is 11.3. The first-order valence-electron chi connectivity index (χ1n) is 7.51. The van der Waals surface area contributed by atoms with E-state index in [9.17, 15) is 0 Å². The number of methoxy groups -OCH3 is 1. The molecule has 0 atom stereocenters. The van der Waals surface area contributed by atoms with E-state index >= 15 is 0 Å². The molecule has 0 fully saturated rings. The molecule has 0 saturated carbocycles. The van der Waals surface area contributed by atoms with Crippen LogP contribution in [-0.2, 0) is 11.3 Å². The van der Waals surface area contributed by atoms with E-state index in [2.05, 4.69) is 33.3 Å². The molecule has 4 rings (SSSR count). The van der Waals surface area contributed by atoms with Crippen molar-refractivity contribution in [3.05, 3.63) is 36.0 Å². The van der Waals surface area contributed by atoms with Gasteiger partial charge < -0.3 is 10.5 Å². The van der Waals surface area contributed by atoms with Crippen molar-refractivity contribution in [3.8, 4) is 0 Å². The van der Waals surface area contributed by atoms with Crippen LogP contribution in [0, 0.1) is 0 Å². The van der Waals surface area contributed by atoms with Gasteiger partial charge in [-0.05, 0) is 23.3 Å². The molecule has 0 saturated heterocycles. The number of ether oxygens (including phenoxy) is 1. The largest absolute Gasteiger partial charge is 0.383 e. The van der Waals surface area contributed by atoms with Crippen molar-refractivity contribution in [3.63, 3.8) is 0 Å².